The Bertz CT molecular complexity index is 1120. The van der Waals surface area contributed by atoms with Crippen molar-refractivity contribution in [2.24, 2.45) is 0 Å². The molecule has 2 aromatic carbocycles. The maximum Gasteiger partial charge on any atom is 0.348 e. The number of quaternary nitrogens is 1. The highest BCUT2D eigenvalue weighted by atomic mass is 35.5. The van der Waals surface area contributed by atoms with Crippen molar-refractivity contribution in [2.45, 2.75) is 20.0 Å². The van der Waals surface area contributed by atoms with Gasteiger partial charge in [-0.3, -0.25) is 15.0 Å². The molecule has 1 aliphatic heterocycles. The van der Waals surface area contributed by atoms with Crippen LogP contribution in [0.25, 0.3) is 10.9 Å². The number of aromatic nitrogens is 1. The molecule has 3 N–H and O–H groups in total. The average molecular weight is 427 g/mol. The van der Waals surface area contributed by atoms with E-state index in [1.165, 1.54) is 6.20 Å². The molecule has 0 unspecified atom stereocenters. The third kappa shape index (κ3) is 4.63. The fourth-order valence-electron chi connectivity index (χ4n) is 3.82. The number of hydrogen-bond acceptors (Lipinski definition) is 4. The van der Waals surface area contributed by atoms with Crippen molar-refractivity contribution in [1.29, 1.82) is 0 Å². The Labute approximate surface area is 179 Å². The van der Waals surface area contributed by atoms with Gasteiger partial charge in [0.25, 0.3) is 0 Å². The molecule has 30 heavy (non-hydrogen) atoms. The zero-order valence-corrected chi connectivity index (χ0v) is 17.7. The van der Waals surface area contributed by atoms with E-state index in [2.05, 4.69) is 16.0 Å². The molecule has 1 aliphatic rings. The SMILES string of the molecule is Cc1cc(CN2CCOCC2)cc2c(=O)c(C(=O)[NH2+]Cc3ccc(Cl)cc3)c[nH]c12. The van der Waals surface area contributed by atoms with Crippen LogP contribution in [0.2, 0.25) is 5.02 Å². The van der Waals surface area contributed by atoms with E-state index in [0.29, 0.717) is 17.0 Å². The molecule has 0 bridgehead atoms. The molecule has 3 aromatic rings. The van der Waals surface area contributed by atoms with E-state index in [1.54, 1.807) is 17.4 Å². The van der Waals surface area contributed by atoms with Gasteiger partial charge in [0.2, 0.25) is 5.43 Å². The van der Waals surface area contributed by atoms with Gasteiger partial charge in [-0.05, 0) is 36.2 Å². The normalized spacial score (nSPS) is 14.9. The predicted molar refractivity (Wildman–Crippen MR) is 117 cm³/mol. The number of morpholine rings is 1. The highest BCUT2D eigenvalue weighted by molar-refractivity contribution is 6.30. The number of primary amides is 1. The summed E-state index contributed by atoms with van der Waals surface area (Å²) in [6.45, 7) is 6.42. The maximum atomic E-state index is 13.1. The van der Waals surface area contributed by atoms with Crippen LogP contribution in [0.3, 0.4) is 0 Å². The van der Waals surface area contributed by atoms with Crippen LogP contribution in [-0.4, -0.2) is 42.1 Å². The Balaban J connectivity index is 1.57. The molecule has 4 rings (SSSR count). The molecule has 156 valence electrons. The summed E-state index contributed by atoms with van der Waals surface area (Å²) in [6.07, 6.45) is 1.53. The van der Waals surface area contributed by atoms with Gasteiger partial charge < -0.3 is 9.72 Å². The number of aryl methyl sites for hydroxylation is 1. The Morgan fingerprint density at radius 2 is 1.90 bits per heavy atom. The summed E-state index contributed by atoms with van der Waals surface area (Å²) in [5.74, 6) is -0.274. The van der Waals surface area contributed by atoms with Gasteiger partial charge in [0.1, 0.15) is 12.1 Å². The Kier molecular flexibility index (Phi) is 6.29. The van der Waals surface area contributed by atoms with Crippen molar-refractivity contribution >= 4 is 28.4 Å². The Hall–Kier alpha value is -2.51. The highest BCUT2D eigenvalue weighted by Crippen LogP contribution is 2.18. The van der Waals surface area contributed by atoms with Crippen LogP contribution in [0.4, 0.5) is 0 Å². The number of nitrogens with two attached hydrogens (primary N) is 1. The van der Waals surface area contributed by atoms with E-state index in [9.17, 15) is 9.59 Å². The van der Waals surface area contributed by atoms with Crippen LogP contribution < -0.4 is 10.7 Å². The highest BCUT2D eigenvalue weighted by Gasteiger charge is 2.18. The van der Waals surface area contributed by atoms with Crippen molar-refractivity contribution in [2.75, 3.05) is 26.3 Å². The summed E-state index contributed by atoms with van der Waals surface area (Å²) in [5.41, 5.74) is 3.75. The lowest BCUT2D eigenvalue weighted by atomic mass is 10.0. The third-order valence-corrected chi connectivity index (χ3v) is 5.71. The van der Waals surface area contributed by atoms with Crippen molar-refractivity contribution in [3.8, 4) is 0 Å². The molecule has 7 heteroatoms. The van der Waals surface area contributed by atoms with Crippen molar-refractivity contribution < 1.29 is 14.8 Å². The minimum absolute atomic E-state index is 0.166. The molecule has 0 aliphatic carbocycles. The summed E-state index contributed by atoms with van der Waals surface area (Å²) in [5, 5.41) is 2.76. The quantitative estimate of drug-likeness (QED) is 0.655. The molecule has 2 heterocycles. The molecule has 0 atom stereocenters. The lowest BCUT2D eigenvalue weighted by Gasteiger charge is -2.26. The zero-order chi connectivity index (χ0) is 21.1. The van der Waals surface area contributed by atoms with Crippen LogP contribution >= 0.6 is 11.6 Å². The van der Waals surface area contributed by atoms with Gasteiger partial charge in [0, 0.05) is 41.8 Å². The number of aromatic amines is 1. The van der Waals surface area contributed by atoms with E-state index in [0.717, 1.165) is 55.1 Å². The zero-order valence-electron chi connectivity index (χ0n) is 16.9. The summed E-state index contributed by atoms with van der Waals surface area (Å²) >= 11 is 5.90. The van der Waals surface area contributed by atoms with Crippen molar-refractivity contribution in [3.05, 3.63) is 80.1 Å². The Morgan fingerprint density at radius 3 is 2.63 bits per heavy atom. The maximum absolute atomic E-state index is 13.1. The third-order valence-electron chi connectivity index (χ3n) is 5.46. The first-order valence-corrected chi connectivity index (χ1v) is 10.5. The second kappa shape index (κ2) is 9.10. The van der Waals surface area contributed by atoms with Gasteiger partial charge in [0.05, 0.1) is 18.7 Å². The lowest BCUT2D eigenvalue weighted by Crippen LogP contribution is -2.86. The van der Waals surface area contributed by atoms with Gasteiger partial charge in [0.15, 0.2) is 0 Å². The fourth-order valence-corrected chi connectivity index (χ4v) is 3.95. The molecule has 1 fully saturated rings. The van der Waals surface area contributed by atoms with Gasteiger partial charge in [-0.25, -0.2) is 4.79 Å². The summed E-state index contributed by atoms with van der Waals surface area (Å²) in [7, 11) is 0. The summed E-state index contributed by atoms with van der Waals surface area (Å²) in [6, 6.07) is 11.3. The Morgan fingerprint density at radius 1 is 1.17 bits per heavy atom. The topological polar surface area (TPSA) is 79.0 Å². The molecule has 1 aromatic heterocycles. The predicted octanol–water partition coefficient (Wildman–Crippen LogP) is 2.23. The van der Waals surface area contributed by atoms with E-state index in [4.69, 9.17) is 16.3 Å². The number of benzene rings is 2. The van der Waals surface area contributed by atoms with Gasteiger partial charge in [-0.15, -0.1) is 0 Å². The molecular formula is C23H25ClN3O3+. The largest absolute Gasteiger partial charge is 0.379 e. The van der Waals surface area contributed by atoms with Crippen LogP contribution in [0.1, 0.15) is 27.0 Å². The van der Waals surface area contributed by atoms with E-state index >= 15 is 0 Å². The van der Waals surface area contributed by atoms with Gasteiger partial charge in [-0.1, -0.05) is 29.8 Å². The number of hydrogen-bond donors (Lipinski definition) is 2. The molecule has 0 radical (unpaired) electrons. The van der Waals surface area contributed by atoms with Crippen LogP contribution in [0.15, 0.2) is 47.4 Å². The van der Waals surface area contributed by atoms with E-state index in [-0.39, 0.29) is 16.9 Å². The van der Waals surface area contributed by atoms with E-state index in [1.807, 2.05) is 25.1 Å². The second-order valence-corrected chi connectivity index (χ2v) is 8.09. The van der Waals surface area contributed by atoms with E-state index < -0.39 is 0 Å². The minimum atomic E-state index is -0.274. The van der Waals surface area contributed by atoms with Crippen LogP contribution in [0, 0.1) is 6.92 Å². The minimum Gasteiger partial charge on any atom is -0.379 e. The van der Waals surface area contributed by atoms with Gasteiger partial charge in [-0.2, -0.15) is 0 Å². The number of pyridine rings is 1. The number of amides is 1. The number of carbonyl (C=O) groups excluding carboxylic acids is 1. The first-order chi connectivity index (χ1) is 14.5. The first kappa shape index (κ1) is 20.8. The van der Waals surface area contributed by atoms with Gasteiger partial charge >= 0.3 is 5.91 Å². The molecule has 6 nitrogen and oxygen atoms in total. The summed E-state index contributed by atoms with van der Waals surface area (Å²) in [4.78, 5) is 31.3. The number of nitrogens with zero attached hydrogens (tertiary/aromatic N) is 1. The number of fused-ring (bicyclic) bond motifs is 1. The molecule has 0 spiro atoms. The second-order valence-electron chi connectivity index (χ2n) is 7.65. The number of nitrogens with one attached hydrogen (secondary N) is 1. The number of H-pyrrole nitrogens is 1. The van der Waals surface area contributed by atoms with Crippen molar-refractivity contribution in [1.82, 2.24) is 9.88 Å². The van der Waals surface area contributed by atoms with Crippen molar-refractivity contribution in [3.63, 3.8) is 0 Å². The van der Waals surface area contributed by atoms with Crippen LogP contribution in [0.5, 0.6) is 0 Å². The number of rotatable bonds is 5. The van der Waals surface area contributed by atoms with Crippen LogP contribution in [-0.2, 0) is 17.8 Å². The standard InChI is InChI=1S/C23H24ClN3O3/c1-15-10-17(14-27-6-8-30-9-7-27)11-19-21(15)25-13-20(22(19)28)23(29)26-12-16-2-4-18(24)5-3-16/h2-5,10-11,13H,6-9,12,14H2,1H3,(H,25,28)(H,26,29)/p+1. The lowest BCUT2D eigenvalue weighted by molar-refractivity contribution is -0.571. The fraction of sp³-hybridized carbons (Fsp3) is 0.304. The average Bonchev–Trinajstić information content (AvgIpc) is 2.75. The number of carbonyl (C=O) groups is 1. The first-order valence-electron chi connectivity index (χ1n) is 10.1. The molecule has 0 saturated carbocycles. The molecular weight excluding hydrogens is 402 g/mol. The molecule has 1 amide bonds. The number of halogens is 1. The smallest absolute Gasteiger partial charge is 0.348 e. The molecule has 1 saturated heterocycles. The summed E-state index contributed by atoms with van der Waals surface area (Å²) < 4.78 is 5.41. The number of ether oxygens (including phenoxy) is 1. The monoisotopic (exact) mass is 426 g/mol.